The molecule has 0 bridgehead atoms. The Morgan fingerprint density at radius 2 is 2.22 bits per heavy atom. The van der Waals surface area contributed by atoms with Gasteiger partial charge in [-0.05, 0) is 32.1 Å². The first-order valence-electron chi connectivity index (χ1n) is 8.38. The number of aliphatic imine (C=N–C) groups is 1. The summed E-state index contributed by atoms with van der Waals surface area (Å²) < 4.78 is 5.57. The maximum atomic E-state index is 11.5. The Bertz CT molecular complexity index is 421. The lowest BCUT2D eigenvalue weighted by atomic mass is 10.4. The van der Waals surface area contributed by atoms with E-state index < -0.39 is 0 Å². The quantitative estimate of drug-likeness (QED) is 0.226. The summed E-state index contributed by atoms with van der Waals surface area (Å²) in [5.74, 6) is 1.30. The van der Waals surface area contributed by atoms with Gasteiger partial charge >= 0.3 is 6.03 Å². The smallest absolute Gasteiger partial charge is 0.324 e. The molecule has 130 valence electrons. The average molecular weight is 325 g/mol. The van der Waals surface area contributed by atoms with E-state index in [1.165, 1.54) is 17.7 Å². The van der Waals surface area contributed by atoms with Crippen LogP contribution in [0.5, 0.6) is 0 Å². The molecule has 1 heterocycles. The minimum absolute atomic E-state index is 0.0911. The summed E-state index contributed by atoms with van der Waals surface area (Å²) in [5, 5.41) is 8.77. The number of guanidine groups is 1. The Hall–Kier alpha value is -1.83. The van der Waals surface area contributed by atoms with E-state index in [-0.39, 0.29) is 18.5 Å². The van der Waals surface area contributed by atoms with Crippen LogP contribution in [0.1, 0.15) is 26.2 Å². The van der Waals surface area contributed by atoms with Gasteiger partial charge in [-0.1, -0.05) is 0 Å². The van der Waals surface area contributed by atoms with Crippen LogP contribution < -0.4 is 16.0 Å². The van der Waals surface area contributed by atoms with Gasteiger partial charge in [-0.15, -0.1) is 0 Å². The van der Waals surface area contributed by atoms with E-state index in [0.717, 1.165) is 32.1 Å². The molecule has 0 spiro atoms. The molecule has 8 heteroatoms. The van der Waals surface area contributed by atoms with Crippen LogP contribution in [0.2, 0.25) is 0 Å². The predicted molar refractivity (Wildman–Crippen MR) is 87.3 cm³/mol. The topological polar surface area (TPSA) is 95.1 Å². The number of ether oxygens (including phenoxy) is 1. The summed E-state index contributed by atoms with van der Waals surface area (Å²) in [6.45, 7) is 5.95. The highest BCUT2D eigenvalue weighted by molar-refractivity contribution is 6.01. The van der Waals surface area contributed by atoms with Gasteiger partial charge in [0, 0.05) is 39.4 Å². The number of carbonyl (C=O) groups excluding carboxylic acids is 2. The molecule has 8 nitrogen and oxygen atoms in total. The van der Waals surface area contributed by atoms with Gasteiger partial charge in [-0.3, -0.25) is 14.7 Å². The normalized spacial score (nSPS) is 18.3. The Morgan fingerprint density at radius 3 is 2.87 bits per heavy atom. The summed E-state index contributed by atoms with van der Waals surface area (Å²) in [4.78, 5) is 28.6. The zero-order chi connectivity index (χ0) is 16.5. The molecule has 0 aromatic heterocycles. The maximum absolute atomic E-state index is 11.5. The average Bonchev–Trinajstić information content (AvgIpc) is 3.31. The zero-order valence-electron chi connectivity index (χ0n) is 13.8. The molecule has 0 aromatic carbocycles. The molecule has 1 aliphatic carbocycles. The summed E-state index contributed by atoms with van der Waals surface area (Å²) in [6.07, 6.45) is 3.50. The van der Waals surface area contributed by atoms with Gasteiger partial charge in [-0.2, -0.15) is 0 Å². The van der Waals surface area contributed by atoms with Gasteiger partial charge in [-0.25, -0.2) is 4.79 Å². The number of nitrogens with zero attached hydrogens (tertiary/aromatic N) is 2. The first-order chi connectivity index (χ1) is 11.2. The van der Waals surface area contributed by atoms with Gasteiger partial charge < -0.3 is 20.7 Å². The number of hydrogen-bond donors (Lipinski definition) is 3. The van der Waals surface area contributed by atoms with Crippen molar-refractivity contribution in [2.45, 2.75) is 26.2 Å². The molecule has 2 aliphatic rings. The van der Waals surface area contributed by atoms with Crippen molar-refractivity contribution in [2.75, 3.05) is 45.9 Å². The van der Waals surface area contributed by atoms with Crippen molar-refractivity contribution < 1.29 is 14.3 Å². The molecule has 1 aliphatic heterocycles. The second-order valence-electron chi connectivity index (χ2n) is 5.76. The second-order valence-corrected chi connectivity index (χ2v) is 5.76. The molecule has 0 atom stereocenters. The number of amides is 3. The van der Waals surface area contributed by atoms with Gasteiger partial charge in [0.15, 0.2) is 5.96 Å². The lowest BCUT2D eigenvalue weighted by Gasteiger charge is -2.15. The predicted octanol–water partition coefficient (Wildman–Crippen LogP) is -0.0900. The maximum Gasteiger partial charge on any atom is 0.324 e. The standard InChI is InChI=1S/C15H27N5O3/c1-2-16-14(17-6-3-9-23-11-12-4-5-12)18-7-8-20-13(21)10-19-15(20)22/h12H,2-11H2,1H3,(H,19,22)(H2,16,17,18). The Kier molecular flexibility index (Phi) is 7.12. The van der Waals surface area contributed by atoms with Crippen molar-refractivity contribution in [3.63, 3.8) is 0 Å². The molecular weight excluding hydrogens is 298 g/mol. The van der Waals surface area contributed by atoms with Crippen molar-refractivity contribution in [2.24, 2.45) is 10.9 Å². The van der Waals surface area contributed by atoms with E-state index in [2.05, 4.69) is 20.9 Å². The third-order valence-corrected chi connectivity index (χ3v) is 3.68. The van der Waals surface area contributed by atoms with Crippen LogP contribution in [0.25, 0.3) is 0 Å². The molecule has 1 saturated carbocycles. The summed E-state index contributed by atoms with van der Waals surface area (Å²) in [5.41, 5.74) is 0. The summed E-state index contributed by atoms with van der Waals surface area (Å²) >= 11 is 0. The van der Waals surface area contributed by atoms with Crippen LogP contribution in [-0.2, 0) is 9.53 Å². The lowest BCUT2D eigenvalue weighted by Crippen LogP contribution is -2.43. The number of carbonyl (C=O) groups is 2. The molecule has 0 radical (unpaired) electrons. The molecule has 23 heavy (non-hydrogen) atoms. The number of nitrogens with one attached hydrogen (secondary N) is 3. The van der Waals surface area contributed by atoms with Crippen LogP contribution in [-0.4, -0.2) is 68.7 Å². The van der Waals surface area contributed by atoms with Gasteiger partial charge in [0.2, 0.25) is 5.91 Å². The van der Waals surface area contributed by atoms with E-state index in [1.807, 2.05) is 6.92 Å². The minimum atomic E-state index is -0.327. The Labute approximate surface area is 137 Å². The molecule has 3 amide bonds. The number of urea groups is 1. The van der Waals surface area contributed by atoms with Crippen LogP contribution in [0, 0.1) is 5.92 Å². The summed E-state index contributed by atoms with van der Waals surface area (Å²) in [7, 11) is 0. The van der Waals surface area contributed by atoms with Crippen molar-refractivity contribution >= 4 is 17.9 Å². The molecule has 1 saturated heterocycles. The van der Waals surface area contributed by atoms with E-state index in [0.29, 0.717) is 25.6 Å². The van der Waals surface area contributed by atoms with E-state index in [9.17, 15) is 9.59 Å². The summed E-state index contributed by atoms with van der Waals surface area (Å²) in [6, 6.07) is -0.327. The molecule has 0 unspecified atom stereocenters. The third kappa shape index (κ3) is 6.43. The van der Waals surface area contributed by atoms with Crippen molar-refractivity contribution in [1.82, 2.24) is 20.9 Å². The van der Waals surface area contributed by atoms with Crippen LogP contribution in [0.15, 0.2) is 4.99 Å². The SMILES string of the molecule is CCNC(=NCCCOCC1CC1)NCCN1C(=O)CNC1=O. The van der Waals surface area contributed by atoms with Crippen molar-refractivity contribution in [1.29, 1.82) is 0 Å². The Balaban J connectivity index is 1.60. The first-order valence-corrected chi connectivity index (χ1v) is 8.38. The Morgan fingerprint density at radius 1 is 1.39 bits per heavy atom. The highest BCUT2D eigenvalue weighted by Crippen LogP contribution is 2.28. The van der Waals surface area contributed by atoms with E-state index in [1.54, 1.807) is 0 Å². The fraction of sp³-hybridized carbons (Fsp3) is 0.800. The fourth-order valence-corrected chi connectivity index (χ4v) is 2.20. The van der Waals surface area contributed by atoms with Gasteiger partial charge in [0.05, 0.1) is 6.54 Å². The second kappa shape index (κ2) is 9.34. The highest BCUT2D eigenvalue weighted by atomic mass is 16.5. The van der Waals surface area contributed by atoms with Crippen LogP contribution >= 0.6 is 0 Å². The molecule has 3 N–H and O–H groups in total. The van der Waals surface area contributed by atoms with Crippen LogP contribution in [0.3, 0.4) is 0 Å². The highest BCUT2D eigenvalue weighted by Gasteiger charge is 2.27. The lowest BCUT2D eigenvalue weighted by molar-refractivity contribution is -0.124. The monoisotopic (exact) mass is 325 g/mol. The molecule has 2 fully saturated rings. The minimum Gasteiger partial charge on any atom is -0.381 e. The van der Waals surface area contributed by atoms with E-state index >= 15 is 0 Å². The van der Waals surface area contributed by atoms with Gasteiger partial charge in [0.1, 0.15) is 0 Å². The van der Waals surface area contributed by atoms with Crippen molar-refractivity contribution in [3.8, 4) is 0 Å². The molecule has 0 aromatic rings. The van der Waals surface area contributed by atoms with Crippen LogP contribution in [0.4, 0.5) is 4.79 Å². The number of hydrogen-bond acceptors (Lipinski definition) is 4. The van der Waals surface area contributed by atoms with Gasteiger partial charge in [0.25, 0.3) is 0 Å². The molecule has 2 rings (SSSR count). The van der Waals surface area contributed by atoms with Crippen molar-refractivity contribution in [3.05, 3.63) is 0 Å². The zero-order valence-corrected chi connectivity index (χ0v) is 13.8. The van der Waals surface area contributed by atoms with E-state index in [4.69, 9.17) is 4.74 Å². The molecular formula is C15H27N5O3. The largest absolute Gasteiger partial charge is 0.381 e. The number of rotatable bonds is 10. The first kappa shape index (κ1) is 17.5. The number of imide groups is 1. The fourth-order valence-electron chi connectivity index (χ4n) is 2.20. The third-order valence-electron chi connectivity index (χ3n) is 3.68.